The molecule has 0 aliphatic carbocycles. The van der Waals surface area contributed by atoms with Gasteiger partial charge >= 0.3 is 5.97 Å². The van der Waals surface area contributed by atoms with Gasteiger partial charge in [-0.25, -0.2) is 18.2 Å². The molecule has 0 N–H and O–H groups in total. The van der Waals surface area contributed by atoms with Gasteiger partial charge in [0.05, 0.1) is 30.0 Å². The summed E-state index contributed by atoms with van der Waals surface area (Å²) >= 11 is 1.46. The minimum Gasteiger partial charge on any atom is -0.456 e. The van der Waals surface area contributed by atoms with E-state index in [0.29, 0.717) is 37.6 Å². The molecule has 3 aromatic rings. The molecule has 0 amide bonds. The van der Waals surface area contributed by atoms with Gasteiger partial charge in [0.15, 0.2) is 0 Å². The minimum atomic E-state index is -3.54. The second kappa shape index (κ2) is 9.74. The first-order valence-corrected chi connectivity index (χ1v) is 12.2. The molecule has 11 heteroatoms. The first-order valence-electron chi connectivity index (χ1n) is 9.88. The maximum absolute atomic E-state index is 12.6. The summed E-state index contributed by atoms with van der Waals surface area (Å²) in [6, 6.07) is 6.37. The van der Waals surface area contributed by atoms with Crippen LogP contribution in [-0.2, 0) is 37.9 Å². The molecule has 0 spiro atoms. The van der Waals surface area contributed by atoms with Crippen molar-refractivity contribution >= 4 is 33.4 Å². The van der Waals surface area contributed by atoms with Crippen molar-refractivity contribution in [2.75, 3.05) is 26.3 Å². The highest BCUT2D eigenvalue weighted by atomic mass is 32.2. The monoisotopic (exact) mass is 474 g/mol. The van der Waals surface area contributed by atoms with E-state index in [-0.39, 0.29) is 11.5 Å². The largest absolute Gasteiger partial charge is 0.456 e. The lowest BCUT2D eigenvalue weighted by Gasteiger charge is -2.26. The van der Waals surface area contributed by atoms with Crippen LogP contribution in [0.2, 0.25) is 0 Å². The molecule has 2 aromatic heterocycles. The molecule has 1 saturated heterocycles. The Hall–Kier alpha value is -2.86. The third-order valence-corrected chi connectivity index (χ3v) is 7.62. The van der Waals surface area contributed by atoms with Gasteiger partial charge in [0.1, 0.15) is 11.6 Å². The Labute approximate surface area is 190 Å². The van der Waals surface area contributed by atoms with Crippen LogP contribution in [0.4, 0.5) is 0 Å². The van der Waals surface area contributed by atoms with Crippen LogP contribution in [0.5, 0.6) is 0 Å². The van der Waals surface area contributed by atoms with Gasteiger partial charge in [-0.1, -0.05) is 12.1 Å². The lowest BCUT2D eigenvalue weighted by molar-refractivity contribution is -0.139. The Morgan fingerprint density at radius 1 is 1.25 bits per heavy atom. The predicted molar refractivity (Wildman–Crippen MR) is 119 cm³/mol. The maximum Gasteiger partial charge on any atom is 0.331 e. The van der Waals surface area contributed by atoms with Gasteiger partial charge in [-0.3, -0.25) is 4.68 Å². The number of carbonyl (C=O) groups is 1. The van der Waals surface area contributed by atoms with Crippen LogP contribution in [-0.4, -0.2) is 59.8 Å². The fourth-order valence-corrected chi connectivity index (χ4v) is 5.27. The number of nitrogens with zero attached hydrogens (tertiary/aromatic N) is 4. The smallest absolute Gasteiger partial charge is 0.331 e. The molecule has 4 rings (SSSR count). The molecule has 1 aliphatic heterocycles. The number of aromatic nitrogens is 3. The summed E-state index contributed by atoms with van der Waals surface area (Å²) < 4.78 is 38.9. The summed E-state index contributed by atoms with van der Waals surface area (Å²) in [4.78, 5) is 16.7. The summed E-state index contributed by atoms with van der Waals surface area (Å²) in [5, 5.41) is 6.77. The van der Waals surface area contributed by atoms with Gasteiger partial charge < -0.3 is 9.47 Å². The Bertz CT molecular complexity index is 1210. The van der Waals surface area contributed by atoms with Gasteiger partial charge in [-0.05, 0) is 23.8 Å². The van der Waals surface area contributed by atoms with Crippen molar-refractivity contribution in [1.82, 2.24) is 19.1 Å². The zero-order chi connectivity index (χ0) is 22.6. The normalized spacial score (nSPS) is 15.3. The highest BCUT2D eigenvalue weighted by molar-refractivity contribution is 7.89. The van der Waals surface area contributed by atoms with Crippen molar-refractivity contribution in [3.63, 3.8) is 0 Å². The van der Waals surface area contributed by atoms with E-state index in [1.54, 1.807) is 29.1 Å². The first kappa shape index (κ1) is 22.3. The number of sulfonamides is 1. The number of rotatable bonds is 7. The topological polar surface area (TPSA) is 104 Å². The van der Waals surface area contributed by atoms with E-state index < -0.39 is 16.0 Å². The third-order valence-electron chi connectivity index (χ3n) is 4.77. The summed E-state index contributed by atoms with van der Waals surface area (Å²) in [6.45, 7) is 1.55. The fraction of sp³-hybridized carbons (Fsp3) is 0.286. The number of morpholine rings is 1. The molecule has 1 aromatic carbocycles. The van der Waals surface area contributed by atoms with Crippen molar-refractivity contribution in [2.24, 2.45) is 7.05 Å². The van der Waals surface area contributed by atoms with Crippen molar-refractivity contribution in [1.29, 1.82) is 0 Å². The number of carbonyl (C=O) groups excluding carboxylic acids is 1. The average Bonchev–Trinajstić information content (AvgIpc) is 3.46. The third kappa shape index (κ3) is 5.30. The van der Waals surface area contributed by atoms with Crippen LogP contribution >= 0.6 is 11.3 Å². The molecule has 9 nitrogen and oxygen atoms in total. The van der Waals surface area contributed by atoms with E-state index in [0.717, 1.165) is 10.6 Å². The zero-order valence-electron chi connectivity index (χ0n) is 17.4. The van der Waals surface area contributed by atoms with E-state index in [1.807, 2.05) is 18.6 Å². The number of esters is 1. The maximum atomic E-state index is 12.6. The van der Waals surface area contributed by atoms with E-state index in [4.69, 9.17) is 9.47 Å². The molecule has 0 unspecified atom stereocenters. The second-order valence-electron chi connectivity index (χ2n) is 7.07. The molecule has 1 aliphatic rings. The molecule has 0 atom stereocenters. The van der Waals surface area contributed by atoms with Gasteiger partial charge in [0.25, 0.3) is 0 Å². The number of benzene rings is 1. The molecule has 0 saturated carbocycles. The van der Waals surface area contributed by atoms with E-state index >= 15 is 0 Å². The van der Waals surface area contributed by atoms with Crippen molar-refractivity contribution in [3.05, 3.63) is 59.4 Å². The second-order valence-corrected chi connectivity index (χ2v) is 9.87. The molecule has 3 heterocycles. The lowest BCUT2D eigenvalue weighted by Crippen LogP contribution is -2.40. The van der Waals surface area contributed by atoms with Crippen LogP contribution in [0.3, 0.4) is 0 Å². The van der Waals surface area contributed by atoms with Crippen LogP contribution in [0.15, 0.2) is 53.0 Å². The number of ether oxygens (including phenoxy) is 2. The molecule has 32 heavy (non-hydrogen) atoms. The molecule has 0 bridgehead atoms. The Kier molecular flexibility index (Phi) is 6.80. The van der Waals surface area contributed by atoms with Crippen molar-refractivity contribution in [3.8, 4) is 10.6 Å². The van der Waals surface area contributed by atoms with Crippen LogP contribution in [0.1, 0.15) is 11.3 Å². The summed E-state index contributed by atoms with van der Waals surface area (Å²) in [7, 11) is -1.70. The summed E-state index contributed by atoms with van der Waals surface area (Å²) in [5.74, 6) is -0.508. The quantitative estimate of drug-likeness (QED) is 0.382. The number of aryl methyl sites for hydroxylation is 1. The van der Waals surface area contributed by atoms with Gasteiger partial charge in [0.2, 0.25) is 10.0 Å². The lowest BCUT2D eigenvalue weighted by atomic mass is 10.2. The Balaban J connectivity index is 1.31. The number of hydrogen-bond acceptors (Lipinski definition) is 8. The molecular weight excluding hydrogens is 452 g/mol. The van der Waals surface area contributed by atoms with Crippen LogP contribution in [0, 0.1) is 0 Å². The van der Waals surface area contributed by atoms with Gasteiger partial charge in [-0.15, -0.1) is 11.3 Å². The average molecular weight is 475 g/mol. The first-order chi connectivity index (χ1) is 15.4. The highest BCUT2D eigenvalue weighted by Crippen LogP contribution is 2.23. The minimum absolute atomic E-state index is 0.0661. The molecule has 1 fully saturated rings. The van der Waals surface area contributed by atoms with Crippen molar-refractivity contribution in [2.45, 2.75) is 11.5 Å². The van der Waals surface area contributed by atoms with Crippen LogP contribution < -0.4 is 0 Å². The molecule has 0 radical (unpaired) electrons. The van der Waals surface area contributed by atoms with Gasteiger partial charge in [-0.2, -0.15) is 9.40 Å². The number of hydrogen-bond donors (Lipinski definition) is 0. The fourth-order valence-electron chi connectivity index (χ4n) is 3.08. The predicted octanol–water partition coefficient (Wildman–Crippen LogP) is 2.32. The van der Waals surface area contributed by atoms with E-state index in [9.17, 15) is 13.2 Å². The highest BCUT2D eigenvalue weighted by Gasteiger charge is 2.25. The zero-order valence-corrected chi connectivity index (χ0v) is 19.0. The van der Waals surface area contributed by atoms with Gasteiger partial charge in [0, 0.05) is 43.4 Å². The summed E-state index contributed by atoms with van der Waals surface area (Å²) in [5.41, 5.74) is 2.26. The van der Waals surface area contributed by atoms with E-state index in [1.165, 1.54) is 33.9 Å². The Morgan fingerprint density at radius 3 is 2.69 bits per heavy atom. The number of thiazole rings is 1. The van der Waals surface area contributed by atoms with Crippen molar-refractivity contribution < 1.29 is 22.7 Å². The Morgan fingerprint density at radius 2 is 2.00 bits per heavy atom. The van der Waals surface area contributed by atoms with Crippen LogP contribution in [0.25, 0.3) is 16.6 Å². The summed E-state index contributed by atoms with van der Waals surface area (Å²) in [6.07, 6.45) is 6.49. The van der Waals surface area contributed by atoms with E-state index in [2.05, 4.69) is 10.1 Å². The molecular formula is C21H22N4O5S2. The molecule has 168 valence electrons. The SMILES string of the molecule is Cn1cc(-c2nc(COC(=O)C=Cc3ccc(S(=O)(=O)N4CCOCC4)cc3)cs2)cn1. The standard InChI is InChI=1S/C21H22N4O5S2/c1-24-13-17(12-22-24)21-23-18(15-31-21)14-30-20(26)7-4-16-2-5-19(6-3-16)32(27,28)25-8-10-29-11-9-25/h2-7,12-13,15H,8-11,14H2,1H3.